The molecule has 92 valence electrons. The van der Waals surface area contributed by atoms with Crippen molar-refractivity contribution in [1.29, 1.82) is 0 Å². The summed E-state index contributed by atoms with van der Waals surface area (Å²) in [5, 5.41) is 0. The molecular formula is C9H23O4PSi. The maximum absolute atomic E-state index is 11.1. The first-order valence-electron chi connectivity index (χ1n) is 5.30. The Bertz CT molecular complexity index is 225. The van der Waals surface area contributed by atoms with Crippen LogP contribution in [0.15, 0.2) is 0 Å². The summed E-state index contributed by atoms with van der Waals surface area (Å²) in [6.45, 7) is 11.9. The molecule has 0 amide bonds. The van der Waals surface area contributed by atoms with Crippen molar-refractivity contribution in [2.75, 3.05) is 0 Å². The molecule has 0 aromatic heterocycles. The van der Waals surface area contributed by atoms with Gasteiger partial charge in [-0.05, 0) is 16.6 Å². The molecule has 0 rings (SSSR count). The third-order valence-corrected chi connectivity index (χ3v) is 10.6. The standard InChI is InChI=1S/C9H23O4PSi/c1-7(2)15(8(3)4,9(5)6)13-14(10,11)12/h7-9H,1-6H3,(H2,10,11,12). The van der Waals surface area contributed by atoms with Crippen LogP contribution in [0.3, 0.4) is 0 Å². The molecule has 0 saturated heterocycles. The summed E-state index contributed by atoms with van der Waals surface area (Å²) in [6.07, 6.45) is 0. The van der Waals surface area contributed by atoms with Gasteiger partial charge in [-0.2, -0.15) is 0 Å². The molecule has 0 saturated carbocycles. The number of hydrogen-bond acceptors (Lipinski definition) is 2. The lowest BCUT2D eigenvalue weighted by atomic mass is 10.5. The lowest BCUT2D eigenvalue weighted by Crippen LogP contribution is -2.46. The van der Waals surface area contributed by atoms with Crippen molar-refractivity contribution in [3.05, 3.63) is 0 Å². The Morgan fingerprint density at radius 3 is 1.27 bits per heavy atom. The first-order valence-corrected chi connectivity index (χ1v) is 8.97. The van der Waals surface area contributed by atoms with Crippen LogP contribution in [-0.4, -0.2) is 18.1 Å². The summed E-state index contributed by atoms with van der Waals surface area (Å²) < 4.78 is 16.3. The number of hydrogen-bond donors (Lipinski definition) is 2. The van der Waals surface area contributed by atoms with Crippen LogP contribution in [-0.2, 0) is 8.78 Å². The SMILES string of the molecule is CC(C)[Si](OP(=O)(O)O)(C(C)C)C(C)C. The minimum absolute atomic E-state index is 0.185. The van der Waals surface area contributed by atoms with E-state index in [1.54, 1.807) is 0 Å². The maximum atomic E-state index is 11.1. The highest BCUT2D eigenvalue weighted by Crippen LogP contribution is 2.52. The minimum atomic E-state index is -4.39. The fourth-order valence-electron chi connectivity index (χ4n) is 2.52. The highest BCUT2D eigenvalue weighted by molar-refractivity contribution is 7.48. The molecule has 6 heteroatoms. The van der Waals surface area contributed by atoms with Crippen LogP contribution >= 0.6 is 7.82 Å². The van der Waals surface area contributed by atoms with E-state index in [1.807, 2.05) is 41.5 Å². The highest BCUT2D eigenvalue weighted by Gasteiger charge is 2.49. The zero-order valence-corrected chi connectivity index (χ0v) is 12.3. The first kappa shape index (κ1) is 15.3. The molecular weight excluding hydrogens is 231 g/mol. The molecule has 0 aliphatic rings. The molecule has 0 spiro atoms. The van der Waals surface area contributed by atoms with Crippen LogP contribution in [0.1, 0.15) is 41.5 Å². The minimum Gasteiger partial charge on any atom is -0.329 e. The van der Waals surface area contributed by atoms with E-state index in [-0.39, 0.29) is 16.6 Å². The molecule has 0 aromatic rings. The molecule has 0 atom stereocenters. The normalized spacial score (nSPS) is 14.3. The monoisotopic (exact) mass is 254 g/mol. The van der Waals surface area contributed by atoms with Crippen LogP contribution in [0.4, 0.5) is 0 Å². The predicted octanol–water partition coefficient (Wildman–Crippen LogP) is 3.27. The van der Waals surface area contributed by atoms with E-state index in [2.05, 4.69) is 0 Å². The van der Waals surface area contributed by atoms with Crippen molar-refractivity contribution in [3.8, 4) is 0 Å². The molecule has 0 unspecified atom stereocenters. The second-order valence-electron chi connectivity index (χ2n) is 4.90. The molecule has 0 radical (unpaired) electrons. The van der Waals surface area contributed by atoms with E-state index in [4.69, 9.17) is 14.0 Å². The highest BCUT2D eigenvalue weighted by atomic mass is 31.2. The van der Waals surface area contributed by atoms with Crippen molar-refractivity contribution in [3.63, 3.8) is 0 Å². The van der Waals surface area contributed by atoms with E-state index < -0.39 is 16.1 Å². The van der Waals surface area contributed by atoms with E-state index >= 15 is 0 Å². The summed E-state index contributed by atoms with van der Waals surface area (Å²) in [6, 6.07) is 0. The van der Waals surface area contributed by atoms with Crippen molar-refractivity contribution in [1.82, 2.24) is 0 Å². The molecule has 0 heterocycles. The lowest BCUT2D eigenvalue weighted by Gasteiger charge is -2.41. The quantitative estimate of drug-likeness (QED) is 0.583. The van der Waals surface area contributed by atoms with Gasteiger partial charge in [0.1, 0.15) is 0 Å². The smallest absolute Gasteiger partial charge is 0.329 e. The zero-order chi connectivity index (χ0) is 12.4. The average Bonchev–Trinajstić information content (AvgIpc) is 1.96. The summed E-state index contributed by atoms with van der Waals surface area (Å²) in [5.41, 5.74) is 0.556. The van der Waals surface area contributed by atoms with Gasteiger partial charge >= 0.3 is 7.82 Å². The van der Waals surface area contributed by atoms with E-state index in [0.717, 1.165) is 0 Å². The maximum Gasteiger partial charge on any atom is 0.459 e. The molecule has 0 aliphatic heterocycles. The van der Waals surface area contributed by atoms with E-state index in [1.165, 1.54) is 0 Å². The predicted molar refractivity (Wildman–Crippen MR) is 64.2 cm³/mol. The average molecular weight is 254 g/mol. The van der Waals surface area contributed by atoms with Gasteiger partial charge in [0.25, 0.3) is 0 Å². The Labute approximate surface area is 93.4 Å². The van der Waals surface area contributed by atoms with Gasteiger partial charge in [0.15, 0.2) is 0 Å². The second kappa shape index (κ2) is 5.10. The molecule has 2 N–H and O–H groups in total. The molecule has 0 aliphatic carbocycles. The fraction of sp³-hybridized carbons (Fsp3) is 1.00. The van der Waals surface area contributed by atoms with Gasteiger partial charge in [-0.15, -0.1) is 0 Å². The Morgan fingerprint density at radius 2 is 1.20 bits per heavy atom. The molecule has 0 aromatic carbocycles. The van der Waals surface area contributed by atoms with Gasteiger partial charge in [-0.3, -0.25) is 0 Å². The van der Waals surface area contributed by atoms with E-state index in [0.29, 0.717) is 0 Å². The summed E-state index contributed by atoms with van der Waals surface area (Å²) in [5.74, 6) is 0. The van der Waals surface area contributed by atoms with Crippen LogP contribution in [0.25, 0.3) is 0 Å². The van der Waals surface area contributed by atoms with E-state index in [9.17, 15) is 4.57 Å². The van der Waals surface area contributed by atoms with Gasteiger partial charge in [-0.1, -0.05) is 41.5 Å². The third-order valence-electron chi connectivity index (χ3n) is 2.98. The molecule has 4 nitrogen and oxygen atoms in total. The first-order chi connectivity index (χ1) is 6.54. The van der Waals surface area contributed by atoms with Crippen LogP contribution < -0.4 is 0 Å². The van der Waals surface area contributed by atoms with Crippen LogP contribution in [0.5, 0.6) is 0 Å². The Kier molecular flexibility index (Phi) is 5.22. The van der Waals surface area contributed by atoms with Gasteiger partial charge < -0.3 is 14.0 Å². The van der Waals surface area contributed by atoms with Crippen LogP contribution in [0, 0.1) is 0 Å². The molecule has 15 heavy (non-hydrogen) atoms. The molecule has 0 bridgehead atoms. The second-order valence-corrected chi connectivity index (χ2v) is 11.8. The fourth-order valence-corrected chi connectivity index (χ4v) is 10.7. The Morgan fingerprint density at radius 1 is 0.933 bits per heavy atom. The van der Waals surface area contributed by atoms with Crippen molar-refractivity contribution < 1.29 is 18.6 Å². The van der Waals surface area contributed by atoms with Gasteiger partial charge in [0.05, 0.1) is 0 Å². The number of phosphoric acid groups is 1. The summed E-state index contributed by atoms with van der Waals surface area (Å²) in [7, 11) is -6.81. The largest absolute Gasteiger partial charge is 0.459 e. The Hall–Kier alpha value is 0.327. The summed E-state index contributed by atoms with van der Waals surface area (Å²) >= 11 is 0. The lowest BCUT2D eigenvalue weighted by molar-refractivity contribution is 0.269. The zero-order valence-electron chi connectivity index (χ0n) is 10.4. The Balaban J connectivity index is 5.25. The van der Waals surface area contributed by atoms with Crippen LogP contribution in [0.2, 0.25) is 16.6 Å². The summed E-state index contributed by atoms with van der Waals surface area (Å²) in [4.78, 5) is 18.0. The van der Waals surface area contributed by atoms with Gasteiger partial charge in [0.2, 0.25) is 8.32 Å². The van der Waals surface area contributed by atoms with Crippen molar-refractivity contribution in [2.24, 2.45) is 0 Å². The van der Waals surface area contributed by atoms with Crippen molar-refractivity contribution in [2.45, 2.75) is 58.2 Å². The van der Waals surface area contributed by atoms with Crippen molar-refractivity contribution >= 4 is 16.1 Å². The topological polar surface area (TPSA) is 66.8 Å². The van der Waals surface area contributed by atoms with Gasteiger partial charge in [-0.25, -0.2) is 4.57 Å². The number of rotatable bonds is 5. The third kappa shape index (κ3) is 3.68. The molecule has 0 fully saturated rings. The van der Waals surface area contributed by atoms with Gasteiger partial charge in [0, 0.05) is 0 Å².